The summed E-state index contributed by atoms with van der Waals surface area (Å²) < 4.78 is 1.73. The van der Waals surface area contributed by atoms with Crippen molar-refractivity contribution in [1.29, 1.82) is 0 Å². The van der Waals surface area contributed by atoms with Crippen LogP contribution in [-0.2, 0) is 11.3 Å². The number of aryl methyl sites for hydroxylation is 1. The Bertz CT molecular complexity index is 285. The van der Waals surface area contributed by atoms with E-state index in [1.54, 1.807) is 15.8 Å². The minimum Gasteiger partial charge on any atom is -0.395 e. The zero-order valence-corrected chi connectivity index (χ0v) is 8.96. The van der Waals surface area contributed by atoms with Crippen LogP contribution in [-0.4, -0.2) is 45.4 Å². The predicted molar refractivity (Wildman–Crippen MR) is 56.2 cm³/mol. The molecule has 0 spiro atoms. The molecule has 5 nitrogen and oxygen atoms in total. The lowest BCUT2D eigenvalue weighted by Crippen LogP contribution is -2.33. The molecule has 0 aromatic carbocycles. The minimum absolute atomic E-state index is 0.0152. The summed E-state index contributed by atoms with van der Waals surface area (Å²) in [6.07, 6.45) is 3.95. The van der Waals surface area contributed by atoms with Gasteiger partial charge in [-0.05, 0) is 13.0 Å². The molecule has 0 unspecified atom stereocenters. The van der Waals surface area contributed by atoms with Gasteiger partial charge in [-0.1, -0.05) is 0 Å². The van der Waals surface area contributed by atoms with Crippen molar-refractivity contribution in [3.05, 3.63) is 18.5 Å². The number of aromatic nitrogens is 2. The van der Waals surface area contributed by atoms with Crippen molar-refractivity contribution in [3.63, 3.8) is 0 Å². The topological polar surface area (TPSA) is 58.4 Å². The smallest absolute Gasteiger partial charge is 0.224 e. The summed E-state index contributed by atoms with van der Waals surface area (Å²) in [7, 11) is 0. The van der Waals surface area contributed by atoms with Crippen LogP contribution in [0.2, 0.25) is 0 Å². The van der Waals surface area contributed by atoms with Crippen LogP contribution in [0.1, 0.15) is 13.3 Å². The lowest BCUT2D eigenvalue weighted by atomic mass is 10.3. The Morgan fingerprint density at radius 3 is 2.93 bits per heavy atom. The fourth-order valence-corrected chi connectivity index (χ4v) is 1.38. The van der Waals surface area contributed by atoms with Crippen LogP contribution in [0.25, 0.3) is 0 Å². The Morgan fingerprint density at radius 1 is 1.60 bits per heavy atom. The summed E-state index contributed by atoms with van der Waals surface area (Å²) in [5.74, 6) is 0.0575. The van der Waals surface area contributed by atoms with Gasteiger partial charge in [-0.15, -0.1) is 0 Å². The highest BCUT2D eigenvalue weighted by Gasteiger charge is 2.10. The van der Waals surface area contributed by atoms with Crippen molar-refractivity contribution < 1.29 is 9.90 Å². The summed E-state index contributed by atoms with van der Waals surface area (Å²) >= 11 is 0. The molecular formula is C10H17N3O2. The molecule has 0 aliphatic heterocycles. The van der Waals surface area contributed by atoms with Gasteiger partial charge in [0.25, 0.3) is 0 Å². The molecule has 84 valence electrons. The Morgan fingerprint density at radius 2 is 2.40 bits per heavy atom. The Labute approximate surface area is 89.3 Å². The Balaban J connectivity index is 2.34. The minimum atomic E-state index is 0.0152. The highest BCUT2D eigenvalue weighted by Crippen LogP contribution is 1.96. The van der Waals surface area contributed by atoms with Crippen LogP contribution >= 0.6 is 0 Å². The van der Waals surface area contributed by atoms with Crippen LogP contribution in [0.15, 0.2) is 18.5 Å². The van der Waals surface area contributed by atoms with Crippen molar-refractivity contribution in [2.24, 2.45) is 0 Å². The van der Waals surface area contributed by atoms with Crippen LogP contribution < -0.4 is 0 Å². The molecule has 0 bridgehead atoms. The molecule has 1 heterocycles. The zero-order valence-electron chi connectivity index (χ0n) is 8.96. The molecule has 1 aromatic heterocycles. The number of nitrogens with zero attached hydrogens (tertiary/aromatic N) is 3. The molecule has 1 aromatic rings. The van der Waals surface area contributed by atoms with Crippen LogP contribution in [0.4, 0.5) is 0 Å². The fraction of sp³-hybridized carbons (Fsp3) is 0.600. The molecule has 0 fully saturated rings. The maximum Gasteiger partial charge on any atom is 0.224 e. The summed E-state index contributed by atoms with van der Waals surface area (Å²) in [6.45, 7) is 3.56. The third-order valence-electron chi connectivity index (χ3n) is 2.22. The predicted octanol–water partition coefficient (Wildman–Crippen LogP) is 0.114. The SMILES string of the molecule is CCN(CCO)C(=O)CCn1cccn1. The van der Waals surface area contributed by atoms with E-state index in [0.717, 1.165) is 0 Å². The molecule has 5 heteroatoms. The van der Waals surface area contributed by atoms with E-state index < -0.39 is 0 Å². The van der Waals surface area contributed by atoms with Gasteiger partial charge < -0.3 is 10.0 Å². The van der Waals surface area contributed by atoms with Gasteiger partial charge in [-0.2, -0.15) is 5.10 Å². The quantitative estimate of drug-likeness (QED) is 0.726. The highest BCUT2D eigenvalue weighted by molar-refractivity contribution is 5.76. The number of aliphatic hydroxyl groups is 1. The van der Waals surface area contributed by atoms with Gasteiger partial charge in [0.05, 0.1) is 6.61 Å². The average Bonchev–Trinajstić information content (AvgIpc) is 2.75. The van der Waals surface area contributed by atoms with E-state index in [-0.39, 0.29) is 12.5 Å². The second-order valence-electron chi connectivity index (χ2n) is 3.22. The second-order valence-corrected chi connectivity index (χ2v) is 3.22. The van der Waals surface area contributed by atoms with E-state index in [0.29, 0.717) is 26.1 Å². The number of aliphatic hydroxyl groups excluding tert-OH is 1. The van der Waals surface area contributed by atoms with Crippen LogP contribution in [0.3, 0.4) is 0 Å². The van der Waals surface area contributed by atoms with Crippen LogP contribution in [0, 0.1) is 0 Å². The first-order chi connectivity index (χ1) is 7.27. The number of amides is 1. The largest absolute Gasteiger partial charge is 0.395 e. The average molecular weight is 211 g/mol. The highest BCUT2D eigenvalue weighted by atomic mass is 16.3. The molecule has 0 aliphatic carbocycles. The van der Waals surface area contributed by atoms with E-state index >= 15 is 0 Å². The third-order valence-corrected chi connectivity index (χ3v) is 2.22. The van der Waals surface area contributed by atoms with Gasteiger partial charge in [-0.25, -0.2) is 0 Å². The van der Waals surface area contributed by atoms with E-state index in [9.17, 15) is 4.79 Å². The van der Waals surface area contributed by atoms with E-state index in [4.69, 9.17) is 5.11 Å². The van der Waals surface area contributed by atoms with Gasteiger partial charge >= 0.3 is 0 Å². The molecule has 15 heavy (non-hydrogen) atoms. The molecule has 0 saturated heterocycles. The molecule has 0 aliphatic rings. The summed E-state index contributed by atoms with van der Waals surface area (Å²) in [5, 5.41) is 12.8. The third kappa shape index (κ3) is 3.71. The van der Waals surface area contributed by atoms with Gasteiger partial charge in [0, 0.05) is 38.4 Å². The first-order valence-electron chi connectivity index (χ1n) is 5.14. The molecule has 1 N–H and O–H groups in total. The zero-order chi connectivity index (χ0) is 11.1. The van der Waals surface area contributed by atoms with Gasteiger partial charge in [0.15, 0.2) is 0 Å². The number of carbonyl (C=O) groups excluding carboxylic acids is 1. The number of carbonyl (C=O) groups is 1. The first kappa shape index (κ1) is 11.7. The fourth-order valence-electron chi connectivity index (χ4n) is 1.38. The lowest BCUT2D eigenvalue weighted by Gasteiger charge is -2.19. The first-order valence-corrected chi connectivity index (χ1v) is 5.14. The van der Waals surface area contributed by atoms with E-state index in [1.807, 2.05) is 19.2 Å². The molecule has 1 amide bonds. The molecular weight excluding hydrogens is 194 g/mol. The van der Waals surface area contributed by atoms with Crippen molar-refractivity contribution in [2.45, 2.75) is 19.9 Å². The number of hydrogen-bond donors (Lipinski definition) is 1. The Hall–Kier alpha value is -1.36. The Kier molecular flexibility index (Phi) is 4.83. The molecule has 0 atom stereocenters. The molecule has 0 saturated carbocycles. The van der Waals surface area contributed by atoms with Crippen LogP contribution in [0.5, 0.6) is 0 Å². The van der Waals surface area contributed by atoms with Gasteiger partial charge in [0.1, 0.15) is 0 Å². The number of hydrogen-bond acceptors (Lipinski definition) is 3. The van der Waals surface area contributed by atoms with Gasteiger partial charge in [-0.3, -0.25) is 9.48 Å². The summed E-state index contributed by atoms with van der Waals surface area (Å²) in [6, 6.07) is 1.83. The van der Waals surface area contributed by atoms with Gasteiger partial charge in [0.2, 0.25) is 5.91 Å². The van der Waals surface area contributed by atoms with E-state index in [2.05, 4.69) is 5.10 Å². The number of likely N-dealkylation sites (N-methyl/N-ethyl adjacent to an activating group) is 1. The normalized spacial score (nSPS) is 10.3. The molecule has 1 rings (SSSR count). The standard InChI is InChI=1S/C10H17N3O2/c1-2-12(8-9-14)10(15)4-7-13-6-3-5-11-13/h3,5-6,14H,2,4,7-9H2,1H3. The summed E-state index contributed by atoms with van der Waals surface area (Å²) in [4.78, 5) is 13.3. The van der Waals surface area contributed by atoms with Crippen molar-refractivity contribution in [3.8, 4) is 0 Å². The van der Waals surface area contributed by atoms with Crippen molar-refractivity contribution in [1.82, 2.24) is 14.7 Å². The van der Waals surface area contributed by atoms with E-state index in [1.165, 1.54) is 0 Å². The maximum absolute atomic E-state index is 11.6. The molecule has 0 radical (unpaired) electrons. The number of rotatable bonds is 6. The second kappa shape index (κ2) is 6.19. The van der Waals surface area contributed by atoms with Crippen molar-refractivity contribution >= 4 is 5.91 Å². The van der Waals surface area contributed by atoms with Crippen molar-refractivity contribution in [2.75, 3.05) is 19.7 Å². The monoisotopic (exact) mass is 211 g/mol. The lowest BCUT2D eigenvalue weighted by molar-refractivity contribution is -0.131. The summed E-state index contributed by atoms with van der Waals surface area (Å²) in [5.41, 5.74) is 0. The maximum atomic E-state index is 11.6.